The van der Waals surface area contributed by atoms with Gasteiger partial charge in [0.2, 0.25) is 11.7 Å². The predicted molar refractivity (Wildman–Crippen MR) is 108 cm³/mol. The van der Waals surface area contributed by atoms with E-state index in [2.05, 4.69) is 0 Å². The summed E-state index contributed by atoms with van der Waals surface area (Å²) in [6.45, 7) is 1.92. The van der Waals surface area contributed by atoms with Crippen LogP contribution in [0.25, 0.3) is 0 Å². The van der Waals surface area contributed by atoms with Crippen LogP contribution in [-0.4, -0.2) is 64.5 Å². The number of hydrogen-bond acceptors (Lipinski definition) is 6. The third kappa shape index (κ3) is 5.12. The van der Waals surface area contributed by atoms with Crippen LogP contribution in [0, 0.1) is 0 Å². The lowest BCUT2D eigenvalue weighted by Crippen LogP contribution is -2.48. The number of rotatable bonds is 8. The molecule has 7 nitrogen and oxygen atoms in total. The zero-order chi connectivity index (χ0) is 20.6. The van der Waals surface area contributed by atoms with Gasteiger partial charge in [-0.25, -0.2) is 0 Å². The molecule has 0 aliphatic carbocycles. The van der Waals surface area contributed by atoms with Crippen molar-refractivity contribution in [3.8, 4) is 23.0 Å². The zero-order valence-corrected chi connectivity index (χ0v) is 17.1. The van der Waals surface area contributed by atoms with Crippen LogP contribution in [0.4, 0.5) is 0 Å². The van der Waals surface area contributed by atoms with Crippen molar-refractivity contribution >= 4 is 5.91 Å². The van der Waals surface area contributed by atoms with Gasteiger partial charge < -0.3 is 28.6 Å². The first-order chi connectivity index (χ1) is 14.2. The highest BCUT2D eigenvalue weighted by Gasteiger charge is 2.26. The molecule has 29 heavy (non-hydrogen) atoms. The molecule has 1 amide bonds. The van der Waals surface area contributed by atoms with Gasteiger partial charge in [-0.05, 0) is 18.2 Å². The minimum atomic E-state index is -0.166. The van der Waals surface area contributed by atoms with Gasteiger partial charge in [-0.2, -0.15) is 0 Å². The zero-order valence-electron chi connectivity index (χ0n) is 17.1. The molecule has 0 N–H and O–H groups in total. The summed E-state index contributed by atoms with van der Waals surface area (Å²) in [5.74, 6) is 2.34. The quantitative estimate of drug-likeness (QED) is 0.677. The van der Waals surface area contributed by atoms with Crippen molar-refractivity contribution in [2.45, 2.75) is 12.5 Å². The van der Waals surface area contributed by atoms with Crippen LogP contribution in [0.1, 0.15) is 5.56 Å². The van der Waals surface area contributed by atoms with Crippen LogP contribution < -0.4 is 18.9 Å². The van der Waals surface area contributed by atoms with Crippen molar-refractivity contribution in [2.24, 2.45) is 0 Å². The Hall–Kier alpha value is -2.93. The van der Waals surface area contributed by atoms with Gasteiger partial charge in [0.05, 0.1) is 40.9 Å². The largest absolute Gasteiger partial charge is 0.493 e. The first-order valence-electron chi connectivity index (χ1n) is 9.51. The van der Waals surface area contributed by atoms with E-state index in [4.69, 9.17) is 23.7 Å². The maximum absolute atomic E-state index is 12.9. The number of methoxy groups -OCH3 is 3. The second-order valence-electron chi connectivity index (χ2n) is 6.63. The van der Waals surface area contributed by atoms with Crippen LogP contribution in [-0.2, 0) is 16.0 Å². The molecular weight excluding hydrogens is 374 g/mol. The summed E-state index contributed by atoms with van der Waals surface area (Å²) in [6, 6.07) is 13.2. The third-order valence-corrected chi connectivity index (χ3v) is 4.80. The molecule has 1 aliphatic rings. The molecule has 156 valence electrons. The maximum atomic E-state index is 12.9. The van der Waals surface area contributed by atoms with Crippen LogP contribution in [0.5, 0.6) is 23.0 Å². The summed E-state index contributed by atoms with van der Waals surface area (Å²) < 4.78 is 27.7. The summed E-state index contributed by atoms with van der Waals surface area (Å²) in [5.41, 5.74) is 0.749. The van der Waals surface area contributed by atoms with Gasteiger partial charge in [0, 0.05) is 12.1 Å². The molecule has 1 aliphatic heterocycles. The molecule has 0 aromatic heterocycles. The maximum Gasteiger partial charge on any atom is 0.227 e. The van der Waals surface area contributed by atoms with Crippen LogP contribution in [0.3, 0.4) is 0 Å². The molecule has 0 bridgehead atoms. The second kappa shape index (κ2) is 10.0. The Balaban J connectivity index is 1.63. The highest BCUT2D eigenvalue weighted by molar-refractivity contribution is 5.80. The lowest BCUT2D eigenvalue weighted by Gasteiger charge is -2.33. The molecule has 7 heteroatoms. The average Bonchev–Trinajstić information content (AvgIpc) is 2.78. The fourth-order valence-corrected chi connectivity index (χ4v) is 3.33. The molecule has 0 radical (unpaired) electrons. The Kier molecular flexibility index (Phi) is 7.19. The fraction of sp³-hybridized carbons (Fsp3) is 0.409. The number of benzene rings is 2. The smallest absolute Gasteiger partial charge is 0.227 e. The van der Waals surface area contributed by atoms with E-state index in [9.17, 15) is 4.79 Å². The van der Waals surface area contributed by atoms with Crippen LogP contribution in [0.2, 0.25) is 0 Å². The van der Waals surface area contributed by atoms with Gasteiger partial charge in [0.25, 0.3) is 0 Å². The van der Waals surface area contributed by atoms with Crippen molar-refractivity contribution in [3.05, 3.63) is 48.0 Å². The fourth-order valence-electron chi connectivity index (χ4n) is 3.33. The van der Waals surface area contributed by atoms with E-state index in [0.717, 1.165) is 11.3 Å². The normalized spacial score (nSPS) is 16.2. The number of para-hydroxylation sites is 1. The minimum absolute atomic E-state index is 0.00327. The number of morpholine rings is 1. The van der Waals surface area contributed by atoms with Gasteiger partial charge in [-0.3, -0.25) is 4.79 Å². The summed E-state index contributed by atoms with van der Waals surface area (Å²) in [4.78, 5) is 14.7. The van der Waals surface area contributed by atoms with Crippen molar-refractivity contribution < 1.29 is 28.5 Å². The first-order valence-corrected chi connectivity index (χ1v) is 9.51. The van der Waals surface area contributed by atoms with E-state index in [1.165, 1.54) is 0 Å². The third-order valence-electron chi connectivity index (χ3n) is 4.80. The SMILES string of the molecule is COc1ccc(CC(=O)N2CCO[C@H](COc3ccccc3)C2)c(OC)c1OC. The molecule has 1 atom stereocenters. The molecule has 1 fully saturated rings. The van der Waals surface area contributed by atoms with E-state index in [1.54, 1.807) is 32.3 Å². The van der Waals surface area contributed by atoms with Crippen LogP contribution in [0.15, 0.2) is 42.5 Å². The predicted octanol–water partition coefficient (Wildman–Crippen LogP) is 2.56. The Morgan fingerprint density at radius 1 is 1.03 bits per heavy atom. The summed E-state index contributed by atoms with van der Waals surface area (Å²) in [5, 5.41) is 0. The Morgan fingerprint density at radius 2 is 1.79 bits per heavy atom. The highest BCUT2D eigenvalue weighted by Crippen LogP contribution is 2.40. The van der Waals surface area contributed by atoms with Crippen molar-refractivity contribution in [3.63, 3.8) is 0 Å². The number of carbonyl (C=O) groups is 1. The molecule has 0 unspecified atom stereocenters. The number of ether oxygens (including phenoxy) is 5. The molecule has 1 heterocycles. The summed E-state index contributed by atoms with van der Waals surface area (Å²) in [7, 11) is 4.66. The Labute approximate surface area is 171 Å². The van der Waals surface area contributed by atoms with Gasteiger partial charge in [-0.15, -0.1) is 0 Å². The molecule has 0 spiro atoms. The summed E-state index contributed by atoms with van der Waals surface area (Å²) in [6.07, 6.45) is 0.0377. The van der Waals surface area contributed by atoms with Gasteiger partial charge >= 0.3 is 0 Å². The van der Waals surface area contributed by atoms with E-state index in [0.29, 0.717) is 43.6 Å². The molecule has 2 aromatic rings. The molecule has 0 saturated carbocycles. The van der Waals surface area contributed by atoms with Crippen molar-refractivity contribution in [1.82, 2.24) is 4.90 Å². The summed E-state index contributed by atoms with van der Waals surface area (Å²) >= 11 is 0. The minimum Gasteiger partial charge on any atom is -0.493 e. The lowest BCUT2D eigenvalue weighted by molar-refractivity contribution is -0.139. The first kappa shape index (κ1) is 20.8. The van der Waals surface area contributed by atoms with Crippen molar-refractivity contribution in [1.29, 1.82) is 0 Å². The van der Waals surface area contributed by atoms with E-state index in [1.807, 2.05) is 36.4 Å². The number of nitrogens with zero attached hydrogens (tertiary/aromatic N) is 1. The molecule has 2 aromatic carbocycles. The lowest BCUT2D eigenvalue weighted by atomic mass is 10.1. The van der Waals surface area contributed by atoms with Crippen LogP contribution >= 0.6 is 0 Å². The van der Waals surface area contributed by atoms with E-state index in [-0.39, 0.29) is 18.4 Å². The number of carbonyl (C=O) groups excluding carboxylic acids is 1. The number of hydrogen-bond donors (Lipinski definition) is 0. The Morgan fingerprint density at radius 3 is 2.48 bits per heavy atom. The molecule has 1 saturated heterocycles. The van der Waals surface area contributed by atoms with Gasteiger partial charge in [-0.1, -0.05) is 24.3 Å². The van der Waals surface area contributed by atoms with Crippen molar-refractivity contribution in [2.75, 3.05) is 47.6 Å². The van der Waals surface area contributed by atoms with Gasteiger partial charge in [0.15, 0.2) is 11.5 Å². The average molecular weight is 401 g/mol. The topological polar surface area (TPSA) is 66.5 Å². The van der Waals surface area contributed by atoms with E-state index < -0.39 is 0 Å². The number of amides is 1. The standard InChI is InChI=1S/C22H27NO6/c1-25-19-10-9-16(21(26-2)22(19)27-3)13-20(24)23-11-12-28-18(14-23)15-29-17-7-5-4-6-8-17/h4-10,18H,11-15H2,1-3H3/t18-/m0/s1. The molecule has 3 rings (SSSR count). The van der Waals surface area contributed by atoms with Gasteiger partial charge in [0.1, 0.15) is 18.5 Å². The highest BCUT2D eigenvalue weighted by atomic mass is 16.5. The molecular formula is C22H27NO6. The Bertz CT molecular complexity index is 810. The van der Waals surface area contributed by atoms with E-state index >= 15 is 0 Å². The monoisotopic (exact) mass is 401 g/mol. The second-order valence-corrected chi connectivity index (χ2v) is 6.63.